The van der Waals surface area contributed by atoms with Gasteiger partial charge in [-0.15, -0.1) is 4.58 Å². The molecule has 0 bridgehead atoms. The number of carbonyl (C=O) groups excluding carboxylic acids is 2. The number of hydrogen-bond acceptors (Lipinski definition) is 9. The Labute approximate surface area is 219 Å². The number of halogens is 1. The molecule has 1 aromatic carbocycles. The van der Waals surface area contributed by atoms with Crippen LogP contribution in [0.1, 0.15) is 31.1 Å². The fourth-order valence-corrected chi connectivity index (χ4v) is 5.55. The van der Waals surface area contributed by atoms with E-state index >= 15 is 0 Å². The van der Waals surface area contributed by atoms with E-state index in [0.29, 0.717) is 47.6 Å². The zero-order valence-electron chi connectivity index (χ0n) is 21.1. The zero-order chi connectivity index (χ0) is 26.5. The summed E-state index contributed by atoms with van der Waals surface area (Å²) < 4.78 is 24.9. The van der Waals surface area contributed by atoms with Gasteiger partial charge in [0, 0.05) is 25.3 Å². The summed E-state index contributed by atoms with van der Waals surface area (Å²) in [5, 5.41) is 3.50. The van der Waals surface area contributed by atoms with Crippen molar-refractivity contribution in [3.8, 4) is 11.6 Å². The van der Waals surface area contributed by atoms with Gasteiger partial charge in [0.2, 0.25) is 11.4 Å². The maximum atomic E-state index is 12.7. The molecule has 1 spiro atoms. The Morgan fingerprint density at radius 1 is 1.30 bits per heavy atom. The van der Waals surface area contributed by atoms with Crippen LogP contribution in [0.4, 0.5) is 16.3 Å². The van der Waals surface area contributed by atoms with Gasteiger partial charge in [-0.1, -0.05) is 11.6 Å². The van der Waals surface area contributed by atoms with Crippen LogP contribution in [0.15, 0.2) is 24.5 Å². The van der Waals surface area contributed by atoms with Gasteiger partial charge in [-0.2, -0.15) is 9.78 Å². The molecule has 1 N–H and O–H groups in total. The fraction of sp³-hybridized carbons (Fsp3) is 0.462. The van der Waals surface area contributed by atoms with Crippen molar-refractivity contribution in [1.29, 1.82) is 0 Å². The number of Topliss-reactive ketones (excluding diaryl/α,β-unsaturated/α-hetero) is 1. The SMILES string of the molecule is [CH2+]C(C)(C)OC(=O)[N+]1=CC23COCC2C(Oc2ncnc(Nc4ccc(C(C)=O)cc4Cl)c2OC)C3C1. The second kappa shape index (κ2) is 9.18. The van der Waals surface area contributed by atoms with Crippen molar-refractivity contribution in [2.45, 2.75) is 32.5 Å². The second-order valence-electron chi connectivity index (χ2n) is 10.3. The number of nitrogens with zero attached hydrogens (tertiary/aromatic N) is 3. The molecular weight excluding hydrogens is 500 g/mol. The highest BCUT2D eigenvalue weighted by Crippen LogP contribution is 2.58. The number of nitrogens with one attached hydrogen (secondary N) is 1. The molecule has 5 rings (SSSR count). The van der Waals surface area contributed by atoms with Crippen LogP contribution in [0.5, 0.6) is 11.6 Å². The van der Waals surface area contributed by atoms with Gasteiger partial charge in [0.25, 0.3) is 5.88 Å². The number of anilines is 2. The van der Waals surface area contributed by atoms with Crippen LogP contribution < -0.4 is 14.8 Å². The molecule has 3 aliphatic rings. The molecular formula is C26H29ClN4O6+2. The Hall–Kier alpha value is -3.37. The molecule has 1 saturated carbocycles. The Kier molecular flexibility index (Phi) is 6.27. The van der Waals surface area contributed by atoms with Crippen LogP contribution in [0.25, 0.3) is 0 Å². The third-order valence-corrected chi connectivity index (χ3v) is 7.38. The van der Waals surface area contributed by atoms with Crippen LogP contribution >= 0.6 is 11.6 Å². The summed E-state index contributed by atoms with van der Waals surface area (Å²) in [5.74, 6) is 0.906. The number of rotatable bonds is 7. The van der Waals surface area contributed by atoms with E-state index in [1.807, 2.05) is 6.21 Å². The number of amides is 1. The molecule has 1 saturated heterocycles. The number of benzene rings is 1. The lowest BCUT2D eigenvalue weighted by Crippen LogP contribution is -2.62. The molecule has 4 atom stereocenters. The van der Waals surface area contributed by atoms with Gasteiger partial charge in [-0.3, -0.25) is 4.79 Å². The molecule has 194 valence electrons. The summed E-state index contributed by atoms with van der Waals surface area (Å²) in [6.45, 7) is 10.3. The molecule has 1 aromatic heterocycles. The van der Waals surface area contributed by atoms with E-state index in [9.17, 15) is 9.59 Å². The third kappa shape index (κ3) is 4.48. The minimum Gasteiger partial charge on any atom is -0.489 e. The van der Waals surface area contributed by atoms with Crippen molar-refractivity contribution in [3.05, 3.63) is 42.0 Å². The van der Waals surface area contributed by atoms with E-state index in [2.05, 4.69) is 22.2 Å². The van der Waals surface area contributed by atoms with Crippen LogP contribution in [0, 0.1) is 24.2 Å². The molecule has 37 heavy (non-hydrogen) atoms. The molecule has 2 aliphatic heterocycles. The summed E-state index contributed by atoms with van der Waals surface area (Å²) in [5.41, 5.74) is -0.0676. The maximum Gasteiger partial charge on any atom is 0.599 e. The highest BCUT2D eigenvalue weighted by molar-refractivity contribution is 6.33. The quantitative estimate of drug-likeness (QED) is 0.324. The molecule has 2 aromatic rings. The number of carbonyl (C=O) groups is 2. The molecule has 11 heteroatoms. The number of methoxy groups -OCH3 is 1. The van der Waals surface area contributed by atoms with Gasteiger partial charge in [0.05, 0.1) is 42.4 Å². The molecule has 2 fully saturated rings. The van der Waals surface area contributed by atoms with Crippen LogP contribution in [0.3, 0.4) is 0 Å². The van der Waals surface area contributed by atoms with Gasteiger partial charge < -0.3 is 24.3 Å². The van der Waals surface area contributed by atoms with Crippen molar-refractivity contribution in [3.63, 3.8) is 0 Å². The molecule has 4 unspecified atom stereocenters. The Morgan fingerprint density at radius 3 is 2.76 bits per heavy atom. The van der Waals surface area contributed by atoms with E-state index < -0.39 is 11.7 Å². The Morgan fingerprint density at radius 2 is 2.08 bits per heavy atom. The van der Waals surface area contributed by atoms with E-state index in [1.165, 1.54) is 20.4 Å². The molecule has 0 radical (unpaired) electrons. The number of ketones is 1. The van der Waals surface area contributed by atoms with Crippen molar-refractivity contribution < 1.29 is 33.1 Å². The number of aromatic nitrogens is 2. The lowest BCUT2D eigenvalue weighted by Gasteiger charge is -2.48. The first-order valence-corrected chi connectivity index (χ1v) is 12.3. The summed E-state index contributed by atoms with van der Waals surface area (Å²) in [6.07, 6.45) is 2.61. The van der Waals surface area contributed by atoms with Gasteiger partial charge in [0.15, 0.2) is 24.4 Å². The second-order valence-corrected chi connectivity index (χ2v) is 10.7. The minimum atomic E-state index is -0.835. The highest BCUT2D eigenvalue weighted by atomic mass is 35.5. The standard InChI is InChI=1S/C26H28ClN4O6/c1-14(32)15-6-7-19(18(27)8-15)30-22-21(34-5)23(29-13-28-22)36-20-16-9-31(24(33)37-25(2,3)4)11-26(16)12-35-10-17(20)26/h6-8,11,13,16-17,20H,2,9-10,12H2,1,3-5H3/q+1/p+1. The predicted molar refractivity (Wildman–Crippen MR) is 135 cm³/mol. The normalized spacial score (nSPS) is 25.9. The van der Waals surface area contributed by atoms with Crippen molar-refractivity contribution in [2.75, 3.05) is 32.2 Å². The number of ether oxygens (including phenoxy) is 4. The zero-order valence-corrected chi connectivity index (χ0v) is 21.9. The average molecular weight is 529 g/mol. The van der Waals surface area contributed by atoms with Gasteiger partial charge in [-0.25, -0.2) is 4.98 Å². The number of hydrogen-bond donors (Lipinski definition) is 1. The van der Waals surface area contributed by atoms with Gasteiger partial charge in [-0.05, 0) is 25.1 Å². The first-order valence-electron chi connectivity index (χ1n) is 11.9. The predicted octanol–water partition coefficient (Wildman–Crippen LogP) is 3.94. The minimum absolute atomic E-state index is 0.00475. The van der Waals surface area contributed by atoms with Crippen LogP contribution in [-0.4, -0.2) is 71.2 Å². The molecule has 10 nitrogen and oxygen atoms in total. The lowest BCUT2D eigenvalue weighted by molar-refractivity contribution is -0.446. The molecule has 3 heterocycles. The van der Waals surface area contributed by atoms with E-state index in [0.717, 1.165) is 0 Å². The van der Waals surface area contributed by atoms with E-state index in [-0.39, 0.29) is 35.0 Å². The Bertz CT molecular complexity index is 1290. The van der Waals surface area contributed by atoms with E-state index in [1.54, 1.807) is 36.6 Å². The van der Waals surface area contributed by atoms with Crippen molar-refractivity contribution in [1.82, 2.24) is 9.97 Å². The summed E-state index contributed by atoms with van der Waals surface area (Å²) in [4.78, 5) is 33.0. The van der Waals surface area contributed by atoms with Crippen molar-refractivity contribution >= 4 is 41.2 Å². The largest absolute Gasteiger partial charge is 0.599 e. The summed E-state index contributed by atoms with van der Waals surface area (Å²) in [7, 11) is 1.50. The smallest absolute Gasteiger partial charge is 0.489 e. The van der Waals surface area contributed by atoms with Crippen LogP contribution in [-0.2, 0) is 9.47 Å². The fourth-order valence-electron chi connectivity index (χ4n) is 5.33. The highest BCUT2D eigenvalue weighted by Gasteiger charge is 2.72. The van der Waals surface area contributed by atoms with E-state index in [4.69, 9.17) is 30.5 Å². The summed E-state index contributed by atoms with van der Waals surface area (Å²) >= 11 is 6.38. The summed E-state index contributed by atoms with van der Waals surface area (Å²) in [6, 6.07) is 4.97. The van der Waals surface area contributed by atoms with Gasteiger partial charge in [0.1, 0.15) is 19.4 Å². The monoisotopic (exact) mass is 528 g/mol. The lowest BCUT2D eigenvalue weighted by atomic mass is 9.54. The molecule has 1 aliphatic carbocycles. The average Bonchev–Trinajstić information content (AvgIpc) is 3.36. The topological polar surface area (TPSA) is 112 Å². The first-order chi connectivity index (χ1) is 17.5. The molecule has 1 amide bonds. The van der Waals surface area contributed by atoms with Crippen molar-refractivity contribution in [2.24, 2.45) is 17.3 Å². The Balaban J connectivity index is 1.36. The first kappa shape index (κ1) is 25.3. The van der Waals surface area contributed by atoms with Crippen LogP contribution in [0.2, 0.25) is 5.02 Å². The maximum absolute atomic E-state index is 12.7. The third-order valence-electron chi connectivity index (χ3n) is 7.06. The van der Waals surface area contributed by atoms with Gasteiger partial charge >= 0.3 is 6.09 Å².